The summed E-state index contributed by atoms with van der Waals surface area (Å²) in [5.41, 5.74) is 2.34. The summed E-state index contributed by atoms with van der Waals surface area (Å²) < 4.78 is 5.70. The minimum Gasteiger partial charge on any atom is -0.378 e. The Labute approximate surface area is 122 Å². The number of anilines is 1. The standard InChI is InChI=1S/C16H27N3O/c1-5-8-17-16-15(11(2)3)12(4)18-14(19-16)10-13-7-6-9-20-13/h11,13H,5-10H2,1-4H3,(H,17,18,19). The molecule has 0 amide bonds. The van der Waals surface area contributed by atoms with E-state index in [2.05, 4.69) is 33.0 Å². The number of hydrogen-bond donors (Lipinski definition) is 1. The van der Waals surface area contributed by atoms with Crippen LogP contribution in [0.5, 0.6) is 0 Å². The van der Waals surface area contributed by atoms with Crippen LogP contribution in [0.25, 0.3) is 0 Å². The van der Waals surface area contributed by atoms with E-state index in [0.29, 0.717) is 12.0 Å². The van der Waals surface area contributed by atoms with Gasteiger partial charge in [0.05, 0.1) is 6.10 Å². The number of aryl methyl sites for hydroxylation is 1. The van der Waals surface area contributed by atoms with Gasteiger partial charge in [-0.15, -0.1) is 0 Å². The number of nitrogens with zero attached hydrogens (tertiary/aromatic N) is 2. The van der Waals surface area contributed by atoms with Crippen molar-refractivity contribution < 1.29 is 4.74 Å². The Kier molecular flexibility index (Phi) is 5.35. The summed E-state index contributed by atoms with van der Waals surface area (Å²) in [4.78, 5) is 9.45. The molecular formula is C16H27N3O. The van der Waals surface area contributed by atoms with Crippen LogP contribution in [0.4, 0.5) is 5.82 Å². The summed E-state index contributed by atoms with van der Waals surface area (Å²) in [6.07, 6.45) is 4.53. The van der Waals surface area contributed by atoms with Gasteiger partial charge < -0.3 is 10.1 Å². The first-order valence-corrected chi connectivity index (χ1v) is 7.84. The zero-order valence-electron chi connectivity index (χ0n) is 13.2. The van der Waals surface area contributed by atoms with Crippen molar-refractivity contribution in [3.63, 3.8) is 0 Å². The summed E-state index contributed by atoms with van der Waals surface area (Å²) in [5.74, 6) is 2.37. The van der Waals surface area contributed by atoms with Crippen molar-refractivity contribution in [2.24, 2.45) is 0 Å². The molecule has 1 unspecified atom stereocenters. The maximum absolute atomic E-state index is 5.70. The van der Waals surface area contributed by atoms with E-state index in [1.54, 1.807) is 0 Å². The molecule has 1 fully saturated rings. The molecule has 0 bridgehead atoms. The van der Waals surface area contributed by atoms with Crippen molar-refractivity contribution >= 4 is 5.82 Å². The summed E-state index contributed by atoms with van der Waals surface area (Å²) in [5, 5.41) is 3.46. The molecule has 112 valence electrons. The third-order valence-electron chi connectivity index (χ3n) is 3.74. The van der Waals surface area contributed by atoms with Crippen LogP contribution >= 0.6 is 0 Å². The summed E-state index contributed by atoms with van der Waals surface area (Å²) in [6, 6.07) is 0. The van der Waals surface area contributed by atoms with Crippen LogP contribution in [0.1, 0.15) is 63.0 Å². The summed E-state index contributed by atoms with van der Waals surface area (Å²) in [7, 11) is 0. The lowest BCUT2D eigenvalue weighted by Crippen LogP contribution is -2.16. The van der Waals surface area contributed by atoms with Gasteiger partial charge in [-0.1, -0.05) is 20.8 Å². The zero-order chi connectivity index (χ0) is 14.5. The van der Waals surface area contributed by atoms with Gasteiger partial charge in [-0.2, -0.15) is 0 Å². The predicted molar refractivity (Wildman–Crippen MR) is 82.3 cm³/mol. The molecule has 1 aromatic rings. The van der Waals surface area contributed by atoms with Crippen molar-refractivity contribution in [3.8, 4) is 0 Å². The number of rotatable bonds is 6. The van der Waals surface area contributed by atoms with E-state index < -0.39 is 0 Å². The quantitative estimate of drug-likeness (QED) is 0.865. The Morgan fingerprint density at radius 1 is 1.35 bits per heavy atom. The fourth-order valence-electron chi connectivity index (χ4n) is 2.81. The van der Waals surface area contributed by atoms with E-state index in [1.165, 1.54) is 5.56 Å². The molecule has 20 heavy (non-hydrogen) atoms. The van der Waals surface area contributed by atoms with Crippen LogP contribution in [-0.4, -0.2) is 29.2 Å². The Morgan fingerprint density at radius 3 is 2.75 bits per heavy atom. The minimum absolute atomic E-state index is 0.304. The van der Waals surface area contributed by atoms with Crippen LogP contribution in [0.15, 0.2) is 0 Å². The largest absolute Gasteiger partial charge is 0.378 e. The zero-order valence-corrected chi connectivity index (χ0v) is 13.2. The molecule has 0 aliphatic carbocycles. The minimum atomic E-state index is 0.304. The van der Waals surface area contributed by atoms with Gasteiger partial charge in [-0.05, 0) is 32.1 Å². The molecular weight excluding hydrogens is 250 g/mol. The topological polar surface area (TPSA) is 47.0 Å². The van der Waals surface area contributed by atoms with E-state index in [1.807, 2.05) is 0 Å². The van der Waals surface area contributed by atoms with Crippen LogP contribution in [-0.2, 0) is 11.2 Å². The number of nitrogens with one attached hydrogen (secondary N) is 1. The van der Waals surface area contributed by atoms with Gasteiger partial charge in [0.25, 0.3) is 0 Å². The molecule has 0 radical (unpaired) electrons. The second-order valence-electron chi connectivity index (χ2n) is 5.91. The number of hydrogen-bond acceptors (Lipinski definition) is 4. The second-order valence-corrected chi connectivity index (χ2v) is 5.91. The van der Waals surface area contributed by atoms with Gasteiger partial charge in [-0.3, -0.25) is 0 Å². The number of aromatic nitrogens is 2. The van der Waals surface area contributed by atoms with Gasteiger partial charge >= 0.3 is 0 Å². The van der Waals surface area contributed by atoms with E-state index in [-0.39, 0.29) is 0 Å². The smallest absolute Gasteiger partial charge is 0.133 e. The highest BCUT2D eigenvalue weighted by Crippen LogP contribution is 2.26. The maximum Gasteiger partial charge on any atom is 0.133 e. The van der Waals surface area contributed by atoms with Crippen molar-refractivity contribution in [2.45, 2.75) is 65.4 Å². The summed E-state index contributed by atoms with van der Waals surface area (Å²) >= 11 is 0. The first-order valence-electron chi connectivity index (χ1n) is 7.84. The third-order valence-corrected chi connectivity index (χ3v) is 3.74. The van der Waals surface area contributed by atoms with Crippen LogP contribution in [0.2, 0.25) is 0 Å². The molecule has 1 atom stereocenters. The number of ether oxygens (including phenoxy) is 1. The molecule has 1 N–H and O–H groups in total. The van der Waals surface area contributed by atoms with E-state index in [9.17, 15) is 0 Å². The van der Waals surface area contributed by atoms with Crippen molar-refractivity contribution in [1.29, 1.82) is 0 Å². The molecule has 2 rings (SSSR count). The molecule has 0 spiro atoms. The Hall–Kier alpha value is -1.16. The van der Waals surface area contributed by atoms with Gasteiger partial charge in [-0.25, -0.2) is 9.97 Å². The SMILES string of the molecule is CCCNc1nc(CC2CCCO2)nc(C)c1C(C)C. The molecule has 1 aliphatic heterocycles. The molecule has 1 saturated heterocycles. The van der Waals surface area contributed by atoms with Gasteiger partial charge in [0.2, 0.25) is 0 Å². The maximum atomic E-state index is 5.70. The molecule has 0 saturated carbocycles. The average molecular weight is 277 g/mol. The molecule has 1 aliphatic rings. The molecule has 4 heteroatoms. The average Bonchev–Trinajstić information content (AvgIpc) is 2.88. The first-order chi connectivity index (χ1) is 9.61. The predicted octanol–water partition coefficient (Wildman–Crippen LogP) is 3.45. The second kappa shape index (κ2) is 7.02. The lowest BCUT2D eigenvalue weighted by Gasteiger charge is -2.18. The highest BCUT2D eigenvalue weighted by molar-refractivity contribution is 5.48. The first kappa shape index (κ1) is 15.2. The summed E-state index contributed by atoms with van der Waals surface area (Å²) in [6.45, 7) is 10.5. The highest BCUT2D eigenvalue weighted by atomic mass is 16.5. The fourth-order valence-corrected chi connectivity index (χ4v) is 2.81. The molecule has 4 nitrogen and oxygen atoms in total. The van der Waals surface area contributed by atoms with Crippen LogP contribution in [0.3, 0.4) is 0 Å². The molecule has 0 aromatic carbocycles. The highest BCUT2D eigenvalue weighted by Gasteiger charge is 2.20. The monoisotopic (exact) mass is 277 g/mol. The molecule has 2 heterocycles. The van der Waals surface area contributed by atoms with Gasteiger partial charge in [0.1, 0.15) is 11.6 Å². The van der Waals surface area contributed by atoms with Crippen molar-refractivity contribution in [2.75, 3.05) is 18.5 Å². The van der Waals surface area contributed by atoms with Crippen molar-refractivity contribution in [1.82, 2.24) is 9.97 Å². The molecule has 1 aromatic heterocycles. The van der Waals surface area contributed by atoms with E-state index in [4.69, 9.17) is 14.7 Å². The Balaban J connectivity index is 2.22. The van der Waals surface area contributed by atoms with E-state index >= 15 is 0 Å². The van der Waals surface area contributed by atoms with E-state index in [0.717, 1.165) is 56.2 Å². The van der Waals surface area contributed by atoms with Crippen molar-refractivity contribution in [3.05, 3.63) is 17.1 Å². The van der Waals surface area contributed by atoms with Crippen LogP contribution < -0.4 is 5.32 Å². The lowest BCUT2D eigenvalue weighted by molar-refractivity contribution is 0.110. The van der Waals surface area contributed by atoms with Crippen LogP contribution in [0, 0.1) is 6.92 Å². The van der Waals surface area contributed by atoms with Gasteiger partial charge in [0.15, 0.2) is 0 Å². The van der Waals surface area contributed by atoms with Gasteiger partial charge in [0, 0.05) is 30.8 Å². The lowest BCUT2D eigenvalue weighted by atomic mass is 10.0. The Morgan fingerprint density at radius 2 is 2.15 bits per heavy atom. The Bertz CT molecular complexity index is 440. The third kappa shape index (κ3) is 3.69. The normalized spacial score (nSPS) is 18.8. The fraction of sp³-hybridized carbons (Fsp3) is 0.750.